The molecule has 27 heavy (non-hydrogen) atoms. The summed E-state index contributed by atoms with van der Waals surface area (Å²) in [5.74, 6) is 0.0105. The topological polar surface area (TPSA) is 54.5 Å². The van der Waals surface area contributed by atoms with E-state index >= 15 is 0 Å². The summed E-state index contributed by atoms with van der Waals surface area (Å²) in [7, 11) is 0. The van der Waals surface area contributed by atoms with Gasteiger partial charge in [0.05, 0.1) is 11.1 Å². The summed E-state index contributed by atoms with van der Waals surface area (Å²) < 4.78 is 5.58. The first-order valence-corrected chi connectivity index (χ1v) is 10.2. The number of nitrogens with one attached hydrogen (secondary N) is 1. The van der Waals surface area contributed by atoms with Crippen LogP contribution in [0.15, 0.2) is 24.3 Å². The molecule has 1 amide bonds. The number of aromatic nitrogens is 1. The van der Waals surface area contributed by atoms with E-state index < -0.39 is 0 Å². The van der Waals surface area contributed by atoms with E-state index in [0.29, 0.717) is 13.2 Å². The average Bonchev–Trinajstić information content (AvgIpc) is 2.70. The number of carbonyl (C=O) groups excluding carboxylic acids is 1. The number of pyridine rings is 1. The van der Waals surface area contributed by atoms with Crippen molar-refractivity contribution in [3.63, 3.8) is 0 Å². The first kappa shape index (κ1) is 19.8. The van der Waals surface area contributed by atoms with Crippen LogP contribution >= 0.6 is 0 Å². The van der Waals surface area contributed by atoms with Crippen molar-refractivity contribution in [2.45, 2.75) is 46.1 Å². The Morgan fingerprint density at radius 2 is 2.04 bits per heavy atom. The molecule has 1 N–H and O–H groups in total. The summed E-state index contributed by atoms with van der Waals surface area (Å²) in [5, 5.41) is 4.05. The van der Waals surface area contributed by atoms with Crippen LogP contribution in [-0.4, -0.2) is 48.6 Å². The summed E-state index contributed by atoms with van der Waals surface area (Å²) in [6.45, 7) is 9.24. The predicted octanol–water partition coefficient (Wildman–Crippen LogP) is 3.55. The van der Waals surface area contributed by atoms with Crippen molar-refractivity contribution in [3.8, 4) is 0 Å². The Bertz CT molecular complexity index is 775. The van der Waals surface area contributed by atoms with Crippen LogP contribution < -0.4 is 5.32 Å². The molecule has 5 nitrogen and oxygen atoms in total. The van der Waals surface area contributed by atoms with Gasteiger partial charge >= 0.3 is 0 Å². The molecule has 3 rings (SSSR count). The Kier molecular flexibility index (Phi) is 7.18. The molecule has 1 aromatic carbocycles. The summed E-state index contributed by atoms with van der Waals surface area (Å²) in [4.78, 5) is 20.3. The van der Waals surface area contributed by atoms with Crippen molar-refractivity contribution in [1.29, 1.82) is 0 Å². The van der Waals surface area contributed by atoms with E-state index in [1.807, 2.05) is 24.3 Å². The number of hydrogen-bond donors (Lipinski definition) is 1. The minimum atomic E-state index is 0.0105. The van der Waals surface area contributed by atoms with Gasteiger partial charge in [0.2, 0.25) is 0 Å². The quantitative estimate of drug-likeness (QED) is 0.687. The van der Waals surface area contributed by atoms with Gasteiger partial charge < -0.3 is 10.1 Å². The number of nitrogens with zero attached hydrogens (tertiary/aromatic N) is 2. The molecule has 2 heterocycles. The molecule has 0 unspecified atom stereocenters. The number of likely N-dealkylation sites (N-methyl/N-ethyl adjacent to an activating group) is 1. The molecule has 0 saturated carbocycles. The van der Waals surface area contributed by atoms with E-state index in [9.17, 15) is 4.79 Å². The van der Waals surface area contributed by atoms with Crippen molar-refractivity contribution in [2.24, 2.45) is 0 Å². The average molecular weight is 370 g/mol. The second-order valence-electron chi connectivity index (χ2n) is 7.12. The van der Waals surface area contributed by atoms with Gasteiger partial charge in [0.15, 0.2) is 0 Å². The standard InChI is InChI=1S/C22H31N3O2/c1-3-5-14-27-15-8-12-23-22(26)21-17-9-6-7-10-19(17)24-20-11-13-25(4-2)16-18(20)21/h6-7,9-10H,3-5,8,11-16H2,1-2H3,(H,23,26). The Hall–Kier alpha value is -1.98. The number of rotatable bonds is 9. The minimum absolute atomic E-state index is 0.0105. The summed E-state index contributed by atoms with van der Waals surface area (Å²) in [6, 6.07) is 7.98. The number of para-hydroxylation sites is 1. The highest BCUT2D eigenvalue weighted by atomic mass is 16.5. The molecule has 0 bridgehead atoms. The fourth-order valence-electron chi connectivity index (χ4n) is 3.59. The van der Waals surface area contributed by atoms with E-state index in [2.05, 4.69) is 24.1 Å². The van der Waals surface area contributed by atoms with Gasteiger partial charge in [0.25, 0.3) is 5.91 Å². The van der Waals surface area contributed by atoms with E-state index in [1.165, 1.54) is 0 Å². The molecular weight excluding hydrogens is 338 g/mol. The van der Waals surface area contributed by atoms with Crippen LogP contribution in [0.3, 0.4) is 0 Å². The van der Waals surface area contributed by atoms with E-state index in [4.69, 9.17) is 9.72 Å². The lowest BCUT2D eigenvalue weighted by atomic mass is 9.95. The number of amides is 1. The van der Waals surface area contributed by atoms with E-state index in [1.54, 1.807) is 0 Å². The first-order chi connectivity index (χ1) is 13.2. The van der Waals surface area contributed by atoms with Crippen LogP contribution in [0.2, 0.25) is 0 Å². The minimum Gasteiger partial charge on any atom is -0.381 e. The Morgan fingerprint density at radius 1 is 1.22 bits per heavy atom. The van der Waals surface area contributed by atoms with Crippen LogP contribution in [0.4, 0.5) is 0 Å². The molecule has 0 fully saturated rings. The summed E-state index contributed by atoms with van der Waals surface area (Å²) >= 11 is 0. The largest absolute Gasteiger partial charge is 0.381 e. The van der Waals surface area contributed by atoms with Gasteiger partial charge in [-0.2, -0.15) is 0 Å². The maximum atomic E-state index is 13.1. The predicted molar refractivity (Wildman–Crippen MR) is 109 cm³/mol. The van der Waals surface area contributed by atoms with Crippen molar-refractivity contribution in [2.75, 3.05) is 32.8 Å². The highest BCUT2D eigenvalue weighted by Crippen LogP contribution is 2.28. The number of ether oxygens (including phenoxy) is 1. The van der Waals surface area contributed by atoms with Gasteiger partial charge in [-0.15, -0.1) is 0 Å². The second-order valence-corrected chi connectivity index (χ2v) is 7.12. The number of fused-ring (bicyclic) bond motifs is 2. The number of hydrogen-bond acceptors (Lipinski definition) is 4. The van der Waals surface area contributed by atoms with E-state index in [0.717, 1.165) is 79.6 Å². The zero-order valence-corrected chi connectivity index (χ0v) is 16.6. The third-order valence-corrected chi connectivity index (χ3v) is 5.19. The third-order valence-electron chi connectivity index (χ3n) is 5.19. The van der Waals surface area contributed by atoms with Gasteiger partial charge in [-0.1, -0.05) is 38.5 Å². The number of benzene rings is 1. The monoisotopic (exact) mass is 369 g/mol. The molecule has 146 valence electrons. The Morgan fingerprint density at radius 3 is 2.85 bits per heavy atom. The molecule has 0 spiro atoms. The van der Waals surface area contributed by atoms with Crippen LogP contribution in [-0.2, 0) is 17.7 Å². The fourth-order valence-corrected chi connectivity index (χ4v) is 3.59. The van der Waals surface area contributed by atoms with Gasteiger partial charge in [0.1, 0.15) is 0 Å². The van der Waals surface area contributed by atoms with Crippen LogP contribution in [0.1, 0.15) is 54.7 Å². The third kappa shape index (κ3) is 4.85. The number of unbranched alkanes of at least 4 members (excludes halogenated alkanes) is 1. The maximum absolute atomic E-state index is 13.1. The SMILES string of the molecule is CCCCOCCCNC(=O)c1c2c(nc3ccccc13)CCN(CC)C2. The summed E-state index contributed by atoms with van der Waals surface area (Å²) in [5.41, 5.74) is 3.89. The lowest BCUT2D eigenvalue weighted by Crippen LogP contribution is -2.34. The molecule has 2 aromatic rings. The highest BCUT2D eigenvalue weighted by Gasteiger charge is 2.24. The highest BCUT2D eigenvalue weighted by molar-refractivity contribution is 6.07. The van der Waals surface area contributed by atoms with Crippen molar-refractivity contribution in [1.82, 2.24) is 15.2 Å². The van der Waals surface area contributed by atoms with Crippen molar-refractivity contribution >= 4 is 16.8 Å². The lowest BCUT2D eigenvalue weighted by Gasteiger charge is -2.29. The fraction of sp³-hybridized carbons (Fsp3) is 0.545. The zero-order chi connectivity index (χ0) is 19.1. The molecule has 5 heteroatoms. The molecule has 1 aliphatic rings. The van der Waals surface area contributed by atoms with Gasteiger partial charge in [-0.3, -0.25) is 14.7 Å². The summed E-state index contributed by atoms with van der Waals surface area (Å²) in [6.07, 6.45) is 3.97. The van der Waals surface area contributed by atoms with Crippen LogP contribution in [0.5, 0.6) is 0 Å². The molecule has 0 saturated heterocycles. The Balaban J connectivity index is 1.75. The van der Waals surface area contributed by atoms with E-state index in [-0.39, 0.29) is 5.91 Å². The molecule has 1 aliphatic heterocycles. The van der Waals surface area contributed by atoms with Crippen molar-refractivity contribution < 1.29 is 9.53 Å². The van der Waals surface area contributed by atoms with Crippen molar-refractivity contribution in [3.05, 3.63) is 41.1 Å². The second kappa shape index (κ2) is 9.81. The smallest absolute Gasteiger partial charge is 0.252 e. The maximum Gasteiger partial charge on any atom is 0.252 e. The molecule has 0 radical (unpaired) electrons. The zero-order valence-electron chi connectivity index (χ0n) is 16.6. The molecule has 1 aromatic heterocycles. The van der Waals surface area contributed by atoms with Gasteiger partial charge in [-0.05, 0) is 25.5 Å². The van der Waals surface area contributed by atoms with Gasteiger partial charge in [0, 0.05) is 55.9 Å². The van der Waals surface area contributed by atoms with Gasteiger partial charge in [-0.25, -0.2) is 0 Å². The van der Waals surface area contributed by atoms with Crippen LogP contribution in [0, 0.1) is 0 Å². The molecule has 0 aliphatic carbocycles. The van der Waals surface area contributed by atoms with Crippen LogP contribution in [0.25, 0.3) is 10.9 Å². The normalized spacial score (nSPS) is 14.3. The number of carbonyl (C=O) groups is 1. The Labute approximate surface area is 162 Å². The molecule has 0 atom stereocenters. The molecular formula is C22H31N3O2. The first-order valence-electron chi connectivity index (χ1n) is 10.2. The lowest BCUT2D eigenvalue weighted by molar-refractivity contribution is 0.0939.